The van der Waals surface area contributed by atoms with E-state index in [0.29, 0.717) is 5.02 Å². The van der Waals surface area contributed by atoms with Gasteiger partial charge >= 0.3 is 5.91 Å². The van der Waals surface area contributed by atoms with Gasteiger partial charge in [0.2, 0.25) is 0 Å². The van der Waals surface area contributed by atoms with Crippen LogP contribution in [0.1, 0.15) is 18.1 Å². The first kappa shape index (κ1) is 17.7. The summed E-state index contributed by atoms with van der Waals surface area (Å²) in [6, 6.07) is 17.0. The van der Waals surface area contributed by atoms with Crippen molar-refractivity contribution in [2.75, 3.05) is 6.67 Å². The molecule has 0 saturated heterocycles. The predicted octanol–water partition coefficient (Wildman–Crippen LogP) is 4.11. The number of hydrazone groups is 1. The fraction of sp³-hybridized carbons (Fsp3) is 0.105. The van der Waals surface area contributed by atoms with Gasteiger partial charge in [-0.05, 0) is 30.7 Å². The number of allylic oxidation sites excluding steroid dienone is 1. The molecule has 2 aromatic rings. The Morgan fingerprint density at radius 2 is 1.85 bits per heavy atom. The number of hydrogen-bond donors (Lipinski definition) is 0. The first-order valence-electron chi connectivity index (χ1n) is 7.86. The van der Waals surface area contributed by atoms with Gasteiger partial charge in [0.25, 0.3) is 0 Å². The Hall–Kier alpha value is -3.12. The van der Waals surface area contributed by atoms with Crippen LogP contribution in [0.25, 0.3) is 5.70 Å². The molecule has 6 nitrogen and oxygen atoms in total. The van der Waals surface area contributed by atoms with E-state index in [4.69, 9.17) is 11.6 Å². The number of hydrogen-bond acceptors (Lipinski definition) is 5. The van der Waals surface area contributed by atoms with E-state index in [1.165, 1.54) is 6.92 Å². The molecule has 0 spiro atoms. The molecule has 26 heavy (non-hydrogen) atoms. The number of benzene rings is 2. The van der Waals surface area contributed by atoms with Crippen LogP contribution >= 0.6 is 11.6 Å². The zero-order valence-corrected chi connectivity index (χ0v) is 14.7. The minimum Gasteiger partial charge on any atom is -0.262 e. The Bertz CT molecular complexity index is 936. The molecule has 1 aliphatic heterocycles. The summed E-state index contributed by atoms with van der Waals surface area (Å²) >= 11 is 6.08. The molecule has 0 unspecified atom stereocenters. The average molecular weight is 367 g/mol. The average Bonchev–Trinajstić information content (AvgIpc) is 2.68. The summed E-state index contributed by atoms with van der Waals surface area (Å²) < 4.78 is 0. The number of carbonyl (C=O) groups excluding carboxylic acids is 1. The van der Waals surface area contributed by atoms with Gasteiger partial charge in [-0.25, -0.2) is 5.01 Å². The maximum Gasteiger partial charge on any atom is 0.332 e. The van der Waals surface area contributed by atoms with Gasteiger partial charge in [-0.15, -0.1) is 4.91 Å². The highest BCUT2D eigenvalue weighted by Crippen LogP contribution is 2.25. The van der Waals surface area contributed by atoms with E-state index >= 15 is 0 Å². The molecule has 0 N–H and O–H groups in total. The quantitative estimate of drug-likeness (QED) is 0.603. The van der Waals surface area contributed by atoms with Crippen LogP contribution in [0, 0.1) is 4.91 Å². The van der Waals surface area contributed by atoms with Crippen molar-refractivity contribution in [2.45, 2.75) is 6.92 Å². The van der Waals surface area contributed by atoms with E-state index in [0.717, 1.165) is 22.5 Å². The lowest BCUT2D eigenvalue weighted by Gasteiger charge is -2.25. The molecule has 1 heterocycles. The number of rotatable bonds is 4. The van der Waals surface area contributed by atoms with Crippen LogP contribution in [0.5, 0.6) is 0 Å². The van der Waals surface area contributed by atoms with Crippen LogP contribution in [0.3, 0.4) is 0 Å². The monoisotopic (exact) mass is 366 g/mol. The lowest BCUT2D eigenvalue weighted by Crippen LogP contribution is -2.25. The lowest BCUT2D eigenvalue weighted by molar-refractivity contribution is -0.112. The molecule has 0 radical (unpaired) electrons. The van der Waals surface area contributed by atoms with E-state index in [2.05, 4.69) is 15.3 Å². The molecule has 0 aliphatic carbocycles. The lowest BCUT2D eigenvalue weighted by atomic mass is 10.0. The third kappa shape index (κ3) is 3.92. The van der Waals surface area contributed by atoms with Crippen molar-refractivity contribution in [3.63, 3.8) is 0 Å². The Morgan fingerprint density at radius 1 is 1.12 bits per heavy atom. The third-order valence-corrected chi connectivity index (χ3v) is 4.01. The van der Waals surface area contributed by atoms with Crippen molar-refractivity contribution < 1.29 is 4.79 Å². The van der Waals surface area contributed by atoms with E-state index in [1.54, 1.807) is 11.1 Å². The molecule has 1 amide bonds. The fourth-order valence-electron chi connectivity index (χ4n) is 2.51. The molecule has 0 fully saturated rings. The van der Waals surface area contributed by atoms with Crippen molar-refractivity contribution in [1.29, 1.82) is 0 Å². The Morgan fingerprint density at radius 3 is 2.54 bits per heavy atom. The second kappa shape index (κ2) is 7.84. The topological polar surface area (TPSA) is 74.5 Å². The Kier molecular flexibility index (Phi) is 5.34. The number of nitrogens with zero attached hydrogens (tertiary/aromatic N) is 4. The van der Waals surface area contributed by atoms with Crippen molar-refractivity contribution in [3.05, 3.63) is 81.7 Å². The zero-order chi connectivity index (χ0) is 18.5. The van der Waals surface area contributed by atoms with Crippen LogP contribution in [0.4, 0.5) is 0 Å². The van der Waals surface area contributed by atoms with Crippen LogP contribution in [0.15, 0.2) is 75.9 Å². The van der Waals surface area contributed by atoms with Gasteiger partial charge in [0.05, 0.1) is 11.4 Å². The summed E-state index contributed by atoms with van der Waals surface area (Å²) in [5.41, 5.74) is 3.31. The highest BCUT2D eigenvalue weighted by molar-refractivity contribution is 6.38. The van der Waals surface area contributed by atoms with Gasteiger partial charge in [0.15, 0.2) is 0 Å². The normalized spacial score (nSPS) is 14.5. The standard InChI is InChI=1S/C19H15ClN4O2/c1-13(19(25)23-26)22-24-12-21-17(15-8-5-9-16(20)10-15)11-18(24)14-6-3-2-4-7-14/h2-11H,12H2,1H3/b22-13+. The number of halogens is 1. The summed E-state index contributed by atoms with van der Waals surface area (Å²) in [7, 11) is 0. The molecule has 7 heteroatoms. The van der Waals surface area contributed by atoms with Crippen LogP contribution in [-0.2, 0) is 4.79 Å². The van der Waals surface area contributed by atoms with Crippen molar-refractivity contribution in [3.8, 4) is 0 Å². The van der Waals surface area contributed by atoms with Gasteiger partial charge in [-0.3, -0.25) is 9.79 Å². The maximum absolute atomic E-state index is 11.4. The molecule has 0 saturated carbocycles. The third-order valence-electron chi connectivity index (χ3n) is 3.78. The van der Waals surface area contributed by atoms with E-state index in [-0.39, 0.29) is 12.4 Å². The van der Waals surface area contributed by atoms with Gasteiger partial charge < -0.3 is 0 Å². The molecule has 2 aromatic carbocycles. The van der Waals surface area contributed by atoms with Gasteiger partial charge in [-0.1, -0.05) is 54.1 Å². The van der Waals surface area contributed by atoms with Crippen molar-refractivity contribution >= 4 is 34.6 Å². The molecular weight excluding hydrogens is 352 g/mol. The van der Waals surface area contributed by atoms with Gasteiger partial charge in [0, 0.05) is 15.8 Å². The largest absolute Gasteiger partial charge is 0.332 e. The highest BCUT2D eigenvalue weighted by atomic mass is 35.5. The molecule has 0 aromatic heterocycles. The first-order chi connectivity index (χ1) is 12.6. The molecule has 130 valence electrons. The predicted molar refractivity (Wildman–Crippen MR) is 103 cm³/mol. The number of nitroso groups, excluding NO2 is 1. The summed E-state index contributed by atoms with van der Waals surface area (Å²) in [5.74, 6) is -0.901. The number of carbonyl (C=O) groups is 1. The molecule has 1 aliphatic rings. The second-order valence-corrected chi connectivity index (χ2v) is 6.01. The maximum atomic E-state index is 11.4. The Balaban J connectivity index is 2.03. The van der Waals surface area contributed by atoms with Gasteiger partial charge in [-0.2, -0.15) is 5.10 Å². The summed E-state index contributed by atoms with van der Waals surface area (Å²) in [6.07, 6.45) is 1.88. The fourth-order valence-corrected chi connectivity index (χ4v) is 2.70. The summed E-state index contributed by atoms with van der Waals surface area (Å²) in [5, 5.41) is 8.82. The smallest absolute Gasteiger partial charge is 0.262 e. The van der Waals surface area contributed by atoms with Crippen LogP contribution in [-0.4, -0.2) is 29.0 Å². The van der Waals surface area contributed by atoms with Crippen LogP contribution in [0.2, 0.25) is 5.02 Å². The van der Waals surface area contributed by atoms with Crippen molar-refractivity contribution in [2.24, 2.45) is 15.3 Å². The Labute approximate surface area is 155 Å². The minimum atomic E-state index is -0.901. The molecule has 3 rings (SSSR count). The molecular formula is C19H15ClN4O2. The number of aliphatic imine (C=N–C) groups is 1. The summed E-state index contributed by atoms with van der Waals surface area (Å²) in [4.78, 5) is 26.4. The van der Waals surface area contributed by atoms with E-state index < -0.39 is 5.91 Å². The van der Waals surface area contributed by atoms with Crippen LogP contribution < -0.4 is 0 Å². The van der Waals surface area contributed by atoms with Crippen molar-refractivity contribution in [1.82, 2.24) is 5.01 Å². The first-order valence-corrected chi connectivity index (χ1v) is 8.24. The minimum absolute atomic E-state index is 0.00300. The number of amides is 1. The zero-order valence-electron chi connectivity index (χ0n) is 14.0. The molecule has 0 bridgehead atoms. The SMILES string of the molecule is C/C(=N\N1CN=C(c2cccc(Cl)c2)C=C1c1ccccc1)C(=O)N=O. The molecule has 0 atom stereocenters. The summed E-state index contributed by atoms with van der Waals surface area (Å²) in [6.45, 7) is 1.65. The second-order valence-electron chi connectivity index (χ2n) is 5.57. The van der Waals surface area contributed by atoms with E-state index in [9.17, 15) is 9.70 Å². The van der Waals surface area contributed by atoms with Gasteiger partial charge in [0.1, 0.15) is 12.4 Å². The van der Waals surface area contributed by atoms with E-state index in [1.807, 2.05) is 54.6 Å². The highest BCUT2D eigenvalue weighted by Gasteiger charge is 2.19.